The summed E-state index contributed by atoms with van der Waals surface area (Å²) in [5.74, 6) is -2.05. The van der Waals surface area contributed by atoms with Crippen LogP contribution in [0, 0.1) is 50.7 Å². The Labute approximate surface area is 250 Å². The lowest BCUT2D eigenvalue weighted by atomic mass is 9.40. The molecule has 12 unspecified atom stereocenters. The SMILES string of the molecule is CC(=O)OC1C(OC(C)=O)C2C3(C)CCC(C(C)C/C=C/C(C)(C)O)C3(C)CCC23CC32CCC(O)C(C)(C(=O)O)C12. The van der Waals surface area contributed by atoms with E-state index >= 15 is 0 Å². The third kappa shape index (κ3) is 4.17. The third-order valence-corrected chi connectivity index (χ3v) is 13.5. The lowest BCUT2D eigenvalue weighted by Gasteiger charge is -2.65. The number of carboxylic acids is 1. The van der Waals surface area contributed by atoms with Crippen LogP contribution >= 0.6 is 0 Å². The Hall–Kier alpha value is -1.93. The Morgan fingerprint density at radius 3 is 2.02 bits per heavy atom. The molecule has 5 rings (SSSR count). The summed E-state index contributed by atoms with van der Waals surface area (Å²) in [5, 5.41) is 32.0. The molecule has 8 heteroatoms. The number of ether oxygens (including phenoxy) is 2. The van der Waals surface area contributed by atoms with E-state index in [1.165, 1.54) is 13.8 Å². The minimum Gasteiger partial charge on any atom is -0.481 e. The molecular formula is C34H52O8. The molecular weight excluding hydrogens is 536 g/mol. The van der Waals surface area contributed by atoms with E-state index in [1.807, 2.05) is 6.08 Å². The molecule has 0 amide bonds. The molecule has 0 radical (unpaired) electrons. The van der Waals surface area contributed by atoms with E-state index in [0.29, 0.717) is 24.7 Å². The summed E-state index contributed by atoms with van der Waals surface area (Å²) in [5.41, 5.74) is -3.32. The number of aliphatic hydroxyl groups excluding tert-OH is 1. The van der Waals surface area contributed by atoms with E-state index in [9.17, 15) is 29.7 Å². The minimum atomic E-state index is -1.54. The predicted molar refractivity (Wildman–Crippen MR) is 156 cm³/mol. The summed E-state index contributed by atoms with van der Waals surface area (Å²) in [6.07, 6.45) is 7.74. The van der Waals surface area contributed by atoms with E-state index in [1.54, 1.807) is 20.8 Å². The molecule has 5 aliphatic rings. The van der Waals surface area contributed by atoms with Crippen LogP contribution in [0.3, 0.4) is 0 Å². The van der Waals surface area contributed by atoms with E-state index in [-0.39, 0.29) is 22.2 Å². The molecule has 0 bridgehead atoms. The zero-order valence-corrected chi connectivity index (χ0v) is 26.7. The summed E-state index contributed by atoms with van der Waals surface area (Å²) in [6.45, 7) is 14.9. The highest BCUT2D eigenvalue weighted by Gasteiger charge is 2.88. The van der Waals surface area contributed by atoms with Crippen LogP contribution in [0.25, 0.3) is 0 Å². The van der Waals surface area contributed by atoms with Crippen LogP contribution in [0.1, 0.15) is 107 Å². The van der Waals surface area contributed by atoms with Gasteiger partial charge < -0.3 is 24.8 Å². The average molecular weight is 589 g/mol. The van der Waals surface area contributed by atoms with Crippen LogP contribution in [0.2, 0.25) is 0 Å². The van der Waals surface area contributed by atoms with Crippen molar-refractivity contribution in [3.8, 4) is 0 Å². The second kappa shape index (κ2) is 9.79. The Morgan fingerprint density at radius 1 is 0.905 bits per heavy atom. The van der Waals surface area contributed by atoms with Crippen LogP contribution in [0.4, 0.5) is 0 Å². The Kier molecular flexibility index (Phi) is 7.34. The molecule has 0 saturated heterocycles. The summed E-state index contributed by atoms with van der Waals surface area (Å²) in [6, 6.07) is 0. The number of aliphatic carboxylic acids is 1. The highest BCUT2D eigenvalue weighted by molar-refractivity contribution is 5.77. The molecule has 0 aromatic heterocycles. The molecule has 0 aromatic rings. The zero-order chi connectivity index (χ0) is 31.3. The van der Waals surface area contributed by atoms with Crippen molar-refractivity contribution in [3.05, 3.63) is 12.2 Å². The third-order valence-electron chi connectivity index (χ3n) is 13.5. The quantitative estimate of drug-likeness (QED) is 0.270. The van der Waals surface area contributed by atoms with Crippen molar-refractivity contribution in [2.75, 3.05) is 0 Å². The van der Waals surface area contributed by atoms with Gasteiger partial charge in [0.15, 0.2) is 0 Å². The Morgan fingerprint density at radius 2 is 1.48 bits per heavy atom. The van der Waals surface area contributed by atoms with Crippen molar-refractivity contribution < 1.29 is 39.2 Å². The van der Waals surface area contributed by atoms with Crippen molar-refractivity contribution in [3.63, 3.8) is 0 Å². The molecule has 0 aliphatic heterocycles. The van der Waals surface area contributed by atoms with Crippen LogP contribution < -0.4 is 0 Å². The number of allylic oxidation sites excluding steroid dienone is 1. The highest BCUT2D eigenvalue weighted by Crippen LogP contribution is 2.89. The monoisotopic (exact) mass is 588 g/mol. The lowest BCUT2D eigenvalue weighted by Crippen LogP contribution is -2.69. The maximum absolute atomic E-state index is 13.0. The first kappa shape index (κ1) is 31.5. The number of carbonyl (C=O) groups excluding carboxylic acids is 2. The van der Waals surface area contributed by atoms with Gasteiger partial charge in [-0.1, -0.05) is 32.9 Å². The molecule has 5 saturated carbocycles. The number of carbonyl (C=O) groups is 3. The van der Waals surface area contributed by atoms with Crippen LogP contribution in [-0.4, -0.2) is 57.1 Å². The van der Waals surface area contributed by atoms with E-state index in [0.717, 1.165) is 38.5 Å². The zero-order valence-electron chi connectivity index (χ0n) is 26.7. The van der Waals surface area contributed by atoms with Gasteiger partial charge in [-0.15, -0.1) is 0 Å². The van der Waals surface area contributed by atoms with Crippen LogP contribution in [0.5, 0.6) is 0 Å². The molecule has 2 spiro atoms. The molecule has 8 nitrogen and oxygen atoms in total. The standard InChI is InChI=1S/C34H52O8/c1-19(10-9-13-29(4,5)40)22-11-14-31(7)26-24(41-20(2)35)25(42-21(3)36)27-32(8,28(38)39)23(37)12-15-33(27)18-34(26,33)17-16-30(22,31)6/h9,13,19,22-27,37,40H,10-12,14-18H2,1-8H3,(H,38,39)/b13-9+. The molecule has 42 heavy (non-hydrogen) atoms. The fourth-order valence-electron chi connectivity index (χ4n) is 11.7. The van der Waals surface area contributed by atoms with Gasteiger partial charge in [0.25, 0.3) is 0 Å². The molecule has 0 heterocycles. The first-order valence-electron chi connectivity index (χ1n) is 16.0. The number of aliphatic hydroxyl groups is 2. The fraction of sp³-hybridized carbons (Fsp3) is 0.853. The smallest absolute Gasteiger partial charge is 0.312 e. The summed E-state index contributed by atoms with van der Waals surface area (Å²) < 4.78 is 12.3. The van der Waals surface area contributed by atoms with Crippen molar-refractivity contribution in [2.24, 2.45) is 50.7 Å². The van der Waals surface area contributed by atoms with E-state index < -0.39 is 58.6 Å². The fourth-order valence-corrected chi connectivity index (χ4v) is 11.7. The van der Waals surface area contributed by atoms with Crippen molar-refractivity contribution >= 4 is 17.9 Å². The molecule has 3 N–H and O–H groups in total. The summed E-state index contributed by atoms with van der Waals surface area (Å²) in [7, 11) is 0. The first-order chi connectivity index (χ1) is 19.3. The lowest BCUT2D eigenvalue weighted by molar-refractivity contribution is -0.259. The van der Waals surface area contributed by atoms with Gasteiger partial charge in [0, 0.05) is 25.7 Å². The van der Waals surface area contributed by atoms with Crippen LogP contribution in [-0.2, 0) is 23.9 Å². The molecule has 12 atom stereocenters. The Balaban J connectivity index is 1.61. The number of hydrogen-bond donors (Lipinski definition) is 3. The summed E-state index contributed by atoms with van der Waals surface area (Å²) >= 11 is 0. The number of hydrogen-bond acceptors (Lipinski definition) is 7. The van der Waals surface area contributed by atoms with Gasteiger partial charge in [-0.2, -0.15) is 0 Å². The maximum atomic E-state index is 13.0. The maximum Gasteiger partial charge on any atom is 0.312 e. The summed E-state index contributed by atoms with van der Waals surface area (Å²) in [4.78, 5) is 38.3. The normalized spacial score (nSPS) is 48.3. The van der Waals surface area contributed by atoms with Gasteiger partial charge in [-0.3, -0.25) is 14.4 Å². The van der Waals surface area contributed by atoms with Crippen LogP contribution in [0.15, 0.2) is 12.2 Å². The van der Waals surface area contributed by atoms with Gasteiger partial charge in [0.2, 0.25) is 0 Å². The van der Waals surface area contributed by atoms with Crippen molar-refractivity contribution in [1.29, 1.82) is 0 Å². The first-order valence-corrected chi connectivity index (χ1v) is 16.0. The molecule has 236 valence electrons. The number of esters is 2. The topological polar surface area (TPSA) is 130 Å². The second-order valence-corrected chi connectivity index (χ2v) is 16.0. The van der Waals surface area contributed by atoms with E-state index in [2.05, 4.69) is 26.8 Å². The molecule has 5 aliphatic carbocycles. The predicted octanol–water partition coefficient (Wildman–Crippen LogP) is 5.29. The average Bonchev–Trinajstić information content (AvgIpc) is 3.40. The van der Waals surface area contributed by atoms with Gasteiger partial charge in [0.1, 0.15) is 12.2 Å². The minimum absolute atomic E-state index is 0.0645. The largest absolute Gasteiger partial charge is 0.481 e. The van der Waals surface area contributed by atoms with E-state index in [4.69, 9.17) is 9.47 Å². The Bertz CT molecular complexity index is 1170. The van der Waals surface area contributed by atoms with Gasteiger partial charge in [-0.25, -0.2) is 0 Å². The van der Waals surface area contributed by atoms with Crippen molar-refractivity contribution in [1.82, 2.24) is 0 Å². The van der Waals surface area contributed by atoms with Gasteiger partial charge >= 0.3 is 17.9 Å². The van der Waals surface area contributed by atoms with Crippen molar-refractivity contribution in [2.45, 2.75) is 131 Å². The van der Waals surface area contributed by atoms with Gasteiger partial charge in [0.05, 0.1) is 17.1 Å². The number of fused-ring (bicyclic) bond motifs is 2. The highest BCUT2D eigenvalue weighted by atomic mass is 16.6. The molecule has 0 aromatic carbocycles. The molecule has 5 fully saturated rings. The number of carboxylic acid groups (broad SMARTS) is 1. The number of rotatable bonds is 7. The second-order valence-electron chi connectivity index (χ2n) is 16.0. The van der Waals surface area contributed by atoms with Gasteiger partial charge in [-0.05, 0) is 106 Å².